The molecular weight excluding hydrogens is 397 g/mol. The Bertz CT molecular complexity index is 1140. The zero-order valence-corrected chi connectivity index (χ0v) is 16.6. The molecule has 2 aromatic carbocycles. The minimum Gasteiger partial charge on any atom is -0.587 e. The number of rotatable bonds is 4. The summed E-state index contributed by atoms with van der Waals surface area (Å²) in [6.45, 7) is 1.98. The van der Waals surface area contributed by atoms with E-state index in [9.17, 15) is 18.5 Å². The molecule has 0 saturated heterocycles. The quantitative estimate of drug-likeness (QED) is 0.613. The molecule has 0 aliphatic rings. The van der Waals surface area contributed by atoms with Crippen molar-refractivity contribution >= 4 is 17.5 Å². The summed E-state index contributed by atoms with van der Waals surface area (Å²) >= 11 is -1.96. The van der Waals surface area contributed by atoms with E-state index in [-0.39, 0.29) is 5.75 Å². The van der Waals surface area contributed by atoms with Crippen LogP contribution in [0.3, 0.4) is 0 Å². The lowest BCUT2D eigenvalue weighted by molar-refractivity contribution is 0.209. The van der Waals surface area contributed by atoms with Crippen molar-refractivity contribution in [2.75, 3.05) is 0 Å². The smallest absolute Gasteiger partial charge is 0.441 e. The van der Waals surface area contributed by atoms with Crippen molar-refractivity contribution in [3.63, 3.8) is 0 Å². The predicted octanol–water partition coefficient (Wildman–Crippen LogP) is 2.56. The van der Waals surface area contributed by atoms with E-state index in [1.54, 1.807) is 42.5 Å². The number of halogens is 1. The average molecular weight is 415 g/mol. The molecule has 29 heavy (non-hydrogen) atoms. The largest absolute Gasteiger partial charge is 0.587 e. The first-order chi connectivity index (χ1) is 13.9. The molecule has 3 aromatic rings. The van der Waals surface area contributed by atoms with E-state index >= 15 is 0 Å². The number of carbonyl (C=O) groups excluding carboxylic acids is 1. The zero-order chi connectivity index (χ0) is 21.0. The van der Waals surface area contributed by atoms with Crippen LogP contribution in [-0.4, -0.2) is 19.2 Å². The molecular formula is C20H18FN3O4S. The average Bonchev–Trinajstić information content (AvgIpc) is 2.74. The van der Waals surface area contributed by atoms with E-state index in [4.69, 9.17) is 4.74 Å². The van der Waals surface area contributed by atoms with Gasteiger partial charge in [0, 0.05) is 7.05 Å². The molecule has 0 bridgehead atoms. The summed E-state index contributed by atoms with van der Waals surface area (Å²) in [7, 11) is 1.23. The number of para-hydroxylation sites is 1. The Morgan fingerprint density at radius 1 is 1.17 bits per heavy atom. The van der Waals surface area contributed by atoms with Crippen molar-refractivity contribution in [2.45, 2.75) is 18.2 Å². The summed E-state index contributed by atoms with van der Waals surface area (Å²) in [6, 6.07) is 15.0. The van der Waals surface area contributed by atoms with Crippen molar-refractivity contribution < 1.29 is 18.5 Å². The van der Waals surface area contributed by atoms with Gasteiger partial charge in [0.05, 0.1) is 0 Å². The molecule has 0 saturated carbocycles. The molecule has 1 amide bonds. The number of hydrogen-bond donors (Lipinski definition) is 0. The van der Waals surface area contributed by atoms with Gasteiger partial charge in [-0.05, 0) is 36.2 Å². The molecule has 1 atom stereocenters. The lowest BCUT2D eigenvalue weighted by Crippen LogP contribution is -2.43. The molecule has 1 aromatic heterocycles. The number of amides is 1. The molecule has 1 heterocycles. The van der Waals surface area contributed by atoms with Crippen molar-refractivity contribution in [3.05, 3.63) is 88.1 Å². The Kier molecular flexibility index (Phi) is 6.30. The monoisotopic (exact) mass is 415 g/mol. The van der Waals surface area contributed by atoms with Crippen LogP contribution >= 0.6 is 0 Å². The number of benzene rings is 2. The van der Waals surface area contributed by atoms with Crippen LogP contribution in [0, 0.1) is 5.82 Å². The lowest BCUT2D eigenvalue weighted by atomic mass is 10.2. The van der Waals surface area contributed by atoms with Crippen LogP contribution < -0.4 is 15.9 Å². The summed E-state index contributed by atoms with van der Waals surface area (Å²) in [5.41, 5.74) is -0.276. The summed E-state index contributed by atoms with van der Waals surface area (Å²) in [5, 5.41) is 0. The molecule has 150 valence electrons. The predicted molar refractivity (Wildman–Crippen MR) is 105 cm³/mol. The van der Waals surface area contributed by atoms with E-state index in [0.717, 1.165) is 26.7 Å². The van der Waals surface area contributed by atoms with Gasteiger partial charge in [0.1, 0.15) is 23.3 Å². The summed E-state index contributed by atoms with van der Waals surface area (Å²) < 4.78 is 33.8. The third-order valence-electron chi connectivity index (χ3n) is 4.09. The first kappa shape index (κ1) is 20.6. The third kappa shape index (κ3) is 4.64. The first-order valence-electron chi connectivity index (χ1n) is 8.71. The SMILES string of the molecule is CCc1ccc([S+]([O-])n2cc(F)/c(=N\C(=O)Oc3ccccc3)n(C)c2=O)cc1. The van der Waals surface area contributed by atoms with Gasteiger partial charge in [0.25, 0.3) is 0 Å². The van der Waals surface area contributed by atoms with Gasteiger partial charge in [-0.2, -0.15) is 4.99 Å². The maximum atomic E-state index is 14.6. The van der Waals surface area contributed by atoms with E-state index in [1.165, 1.54) is 19.2 Å². The van der Waals surface area contributed by atoms with E-state index < -0.39 is 34.4 Å². The van der Waals surface area contributed by atoms with Gasteiger partial charge in [0.15, 0.2) is 16.2 Å². The molecule has 0 aliphatic carbocycles. The van der Waals surface area contributed by atoms with Gasteiger partial charge < -0.3 is 9.29 Å². The number of ether oxygens (including phenoxy) is 1. The molecule has 1 unspecified atom stereocenters. The van der Waals surface area contributed by atoms with Gasteiger partial charge in [0.2, 0.25) is 0 Å². The Labute approximate surface area is 169 Å². The molecule has 9 heteroatoms. The number of carbonyl (C=O) groups is 1. The van der Waals surface area contributed by atoms with Crippen LogP contribution in [-0.2, 0) is 24.8 Å². The molecule has 0 fully saturated rings. The molecule has 0 aliphatic heterocycles. The fraction of sp³-hybridized carbons (Fsp3) is 0.150. The normalized spacial score (nSPS) is 12.6. The molecule has 0 N–H and O–H groups in total. The van der Waals surface area contributed by atoms with Crippen molar-refractivity contribution in [1.29, 1.82) is 0 Å². The van der Waals surface area contributed by atoms with Gasteiger partial charge in [-0.25, -0.2) is 14.0 Å². The van der Waals surface area contributed by atoms with Gasteiger partial charge >= 0.3 is 11.8 Å². The topological polar surface area (TPSA) is 88.6 Å². The molecule has 7 nitrogen and oxygen atoms in total. The first-order valence-corrected chi connectivity index (χ1v) is 9.82. The second-order valence-electron chi connectivity index (χ2n) is 6.01. The van der Waals surface area contributed by atoms with Crippen LogP contribution in [0.15, 0.2) is 75.5 Å². The van der Waals surface area contributed by atoms with Crippen molar-refractivity contribution in [3.8, 4) is 5.75 Å². The second kappa shape index (κ2) is 8.89. The standard InChI is InChI=1S/C20H18FN3O4S/c1-3-14-9-11-16(12-10-14)29(27)24-13-17(21)18(23(2)20(24)26)22-19(25)28-15-7-5-4-6-8-15/h4-13H,3H2,1-2H3/b22-18+. The Morgan fingerprint density at radius 2 is 1.83 bits per heavy atom. The summed E-state index contributed by atoms with van der Waals surface area (Å²) in [5.74, 6) is -0.759. The van der Waals surface area contributed by atoms with Crippen LogP contribution in [0.25, 0.3) is 0 Å². The van der Waals surface area contributed by atoms with Crippen LogP contribution in [0.1, 0.15) is 12.5 Å². The fourth-order valence-corrected chi connectivity index (χ4v) is 3.56. The Morgan fingerprint density at radius 3 is 2.45 bits per heavy atom. The Balaban J connectivity index is 1.95. The Hall–Kier alpha value is -3.17. The number of hydrogen-bond acceptors (Lipinski definition) is 4. The van der Waals surface area contributed by atoms with E-state index in [2.05, 4.69) is 4.99 Å². The van der Waals surface area contributed by atoms with E-state index in [0.29, 0.717) is 4.90 Å². The lowest BCUT2D eigenvalue weighted by Gasteiger charge is -2.13. The maximum Gasteiger partial charge on any atom is 0.441 e. The molecule has 0 radical (unpaired) electrons. The van der Waals surface area contributed by atoms with Crippen molar-refractivity contribution in [1.82, 2.24) is 8.54 Å². The highest BCUT2D eigenvalue weighted by Gasteiger charge is 2.20. The van der Waals surface area contributed by atoms with Gasteiger partial charge in [-0.3, -0.25) is 4.57 Å². The van der Waals surface area contributed by atoms with Crippen LogP contribution in [0.5, 0.6) is 5.75 Å². The second-order valence-corrected chi connectivity index (χ2v) is 7.37. The van der Waals surface area contributed by atoms with Crippen molar-refractivity contribution in [2.24, 2.45) is 12.0 Å². The fourth-order valence-electron chi connectivity index (χ4n) is 2.52. The van der Waals surface area contributed by atoms with E-state index in [1.807, 2.05) is 6.92 Å². The molecule has 0 spiro atoms. The van der Waals surface area contributed by atoms with Crippen LogP contribution in [0.4, 0.5) is 9.18 Å². The maximum absolute atomic E-state index is 14.6. The zero-order valence-electron chi connectivity index (χ0n) is 15.7. The highest BCUT2D eigenvalue weighted by Crippen LogP contribution is 2.13. The highest BCUT2D eigenvalue weighted by atomic mass is 32.2. The summed E-state index contributed by atoms with van der Waals surface area (Å²) in [6.07, 6.45) is 0.492. The minimum atomic E-state index is -1.96. The number of aromatic nitrogens is 2. The highest BCUT2D eigenvalue weighted by molar-refractivity contribution is 7.89. The minimum absolute atomic E-state index is 0.231. The number of nitrogens with zero attached hydrogens (tertiary/aromatic N) is 3. The van der Waals surface area contributed by atoms with Gasteiger partial charge in [-0.15, -0.1) is 3.97 Å². The molecule has 3 rings (SSSR count). The third-order valence-corrected chi connectivity index (χ3v) is 5.39. The van der Waals surface area contributed by atoms with Gasteiger partial charge in [-0.1, -0.05) is 37.3 Å². The van der Waals surface area contributed by atoms with Crippen LogP contribution in [0.2, 0.25) is 0 Å². The summed E-state index contributed by atoms with van der Waals surface area (Å²) in [4.78, 5) is 28.4. The number of aryl methyl sites for hydroxylation is 1.